The Labute approximate surface area is 115 Å². The summed E-state index contributed by atoms with van der Waals surface area (Å²) >= 11 is 0. The molecule has 0 aliphatic heterocycles. The first-order chi connectivity index (χ1) is 9.22. The molecule has 3 heteroatoms. The molecule has 1 aromatic carbocycles. The van der Waals surface area contributed by atoms with Crippen LogP contribution in [0.5, 0.6) is 0 Å². The first-order valence-corrected chi connectivity index (χ1v) is 7.01. The predicted octanol–water partition coefficient (Wildman–Crippen LogP) is 3.18. The summed E-state index contributed by atoms with van der Waals surface area (Å²) < 4.78 is 7.47. The first-order valence-electron chi connectivity index (χ1n) is 7.01. The first kappa shape index (κ1) is 14.1. The van der Waals surface area contributed by atoms with E-state index in [0.29, 0.717) is 6.04 Å². The van der Waals surface area contributed by atoms with E-state index in [0.717, 1.165) is 26.1 Å². The van der Waals surface area contributed by atoms with Gasteiger partial charge in [0.2, 0.25) is 0 Å². The third-order valence-electron chi connectivity index (χ3n) is 3.32. The molecule has 2 rings (SSSR count). The number of aromatic nitrogens is 1. The second-order valence-electron chi connectivity index (χ2n) is 5.25. The summed E-state index contributed by atoms with van der Waals surface area (Å²) in [5, 5.41) is 4.82. The molecule has 1 N–H and O–H groups in total. The molecule has 104 valence electrons. The third kappa shape index (κ3) is 3.58. The second kappa shape index (κ2) is 6.73. The van der Waals surface area contributed by atoms with Crippen molar-refractivity contribution in [2.75, 3.05) is 13.7 Å². The van der Waals surface area contributed by atoms with E-state index in [2.05, 4.69) is 54.2 Å². The van der Waals surface area contributed by atoms with Crippen molar-refractivity contribution in [2.45, 2.75) is 39.4 Å². The predicted molar refractivity (Wildman–Crippen MR) is 80.4 cm³/mol. The maximum absolute atomic E-state index is 5.14. The molecule has 0 saturated heterocycles. The summed E-state index contributed by atoms with van der Waals surface area (Å²) in [6.45, 7) is 7.10. The molecular formula is C16H24N2O. The highest BCUT2D eigenvalue weighted by Crippen LogP contribution is 2.21. The van der Waals surface area contributed by atoms with E-state index in [4.69, 9.17) is 4.74 Å². The Kier molecular flexibility index (Phi) is 5.00. The van der Waals surface area contributed by atoms with Crippen LogP contribution in [0.25, 0.3) is 10.9 Å². The minimum Gasteiger partial charge on any atom is -0.385 e. The van der Waals surface area contributed by atoms with E-state index in [9.17, 15) is 0 Å². The van der Waals surface area contributed by atoms with Crippen molar-refractivity contribution in [3.63, 3.8) is 0 Å². The van der Waals surface area contributed by atoms with Crippen LogP contribution in [0.3, 0.4) is 0 Å². The highest BCUT2D eigenvalue weighted by Gasteiger charge is 2.06. The fraction of sp³-hybridized carbons (Fsp3) is 0.500. The lowest BCUT2D eigenvalue weighted by atomic mass is 10.1. The molecule has 0 spiro atoms. The SMILES string of the molecule is COCCCn1ccc2cccc(CNC(C)C)c21. The largest absolute Gasteiger partial charge is 0.385 e. The fourth-order valence-electron chi connectivity index (χ4n) is 2.36. The van der Waals surface area contributed by atoms with E-state index < -0.39 is 0 Å². The summed E-state index contributed by atoms with van der Waals surface area (Å²) in [5.41, 5.74) is 2.72. The number of hydrogen-bond acceptors (Lipinski definition) is 2. The van der Waals surface area contributed by atoms with Gasteiger partial charge in [0.1, 0.15) is 0 Å². The van der Waals surface area contributed by atoms with Crippen molar-refractivity contribution in [3.05, 3.63) is 36.0 Å². The average molecular weight is 260 g/mol. The van der Waals surface area contributed by atoms with E-state index in [-0.39, 0.29) is 0 Å². The van der Waals surface area contributed by atoms with Gasteiger partial charge in [-0.25, -0.2) is 0 Å². The lowest BCUT2D eigenvalue weighted by Crippen LogP contribution is -2.22. The third-order valence-corrected chi connectivity index (χ3v) is 3.32. The number of benzene rings is 1. The molecule has 0 radical (unpaired) electrons. The van der Waals surface area contributed by atoms with Gasteiger partial charge in [-0.1, -0.05) is 32.0 Å². The molecule has 0 aliphatic carbocycles. The molecule has 1 aromatic heterocycles. The van der Waals surface area contributed by atoms with E-state index in [1.165, 1.54) is 16.5 Å². The summed E-state index contributed by atoms with van der Waals surface area (Å²) in [4.78, 5) is 0. The van der Waals surface area contributed by atoms with Crippen molar-refractivity contribution in [2.24, 2.45) is 0 Å². The Morgan fingerprint density at radius 1 is 1.26 bits per heavy atom. The molecule has 1 heterocycles. The Morgan fingerprint density at radius 2 is 2.11 bits per heavy atom. The number of hydrogen-bond donors (Lipinski definition) is 1. The van der Waals surface area contributed by atoms with Gasteiger partial charge in [0, 0.05) is 39.0 Å². The van der Waals surface area contributed by atoms with Crippen molar-refractivity contribution in [3.8, 4) is 0 Å². The summed E-state index contributed by atoms with van der Waals surface area (Å²) in [7, 11) is 1.76. The number of aryl methyl sites for hydroxylation is 1. The van der Waals surface area contributed by atoms with E-state index in [1.54, 1.807) is 7.11 Å². The average Bonchev–Trinajstić information content (AvgIpc) is 2.81. The summed E-state index contributed by atoms with van der Waals surface area (Å²) in [6, 6.07) is 9.23. The molecule has 0 saturated carbocycles. The van der Waals surface area contributed by atoms with E-state index >= 15 is 0 Å². The number of ether oxygens (including phenoxy) is 1. The topological polar surface area (TPSA) is 26.2 Å². The number of para-hydroxylation sites is 1. The summed E-state index contributed by atoms with van der Waals surface area (Å²) in [5.74, 6) is 0. The van der Waals surface area contributed by atoms with Crippen molar-refractivity contribution >= 4 is 10.9 Å². The molecule has 0 amide bonds. The number of fused-ring (bicyclic) bond motifs is 1. The monoisotopic (exact) mass is 260 g/mol. The molecule has 0 aliphatic rings. The van der Waals surface area contributed by atoms with Crippen LogP contribution in [0.2, 0.25) is 0 Å². The molecule has 2 aromatic rings. The van der Waals surface area contributed by atoms with Crippen molar-refractivity contribution in [1.29, 1.82) is 0 Å². The zero-order valence-corrected chi connectivity index (χ0v) is 12.1. The fourth-order valence-corrected chi connectivity index (χ4v) is 2.36. The Bertz CT molecular complexity index is 516. The normalized spacial score (nSPS) is 11.6. The van der Waals surface area contributed by atoms with Crippen LogP contribution in [0, 0.1) is 0 Å². The molecule has 19 heavy (non-hydrogen) atoms. The second-order valence-corrected chi connectivity index (χ2v) is 5.25. The molecule has 0 bridgehead atoms. The smallest absolute Gasteiger partial charge is 0.0525 e. The molecule has 3 nitrogen and oxygen atoms in total. The van der Waals surface area contributed by atoms with Gasteiger partial charge >= 0.3 is 0 Å². The standard InChI is InChI=1S/C16H24N2O/c1-13(2)17-12-15-7-4-6-14-8-10-18(16(14)15)9-5-11-19-3/h4,6-8,10,13,17H,5,9,11-12H2,1-3H3. The number of methoxy groups -OCH3 is 1. The van der Waals surface area contributed by atoms with Gasteiger partial charge in [-0.05, 0) is 23.4 Å². The maximum atomic E-state index is 5.14. The highest BCUT2D eigenvalue weighted by atomic mass is 16.5. The van der Waals surface area contributed by atoms with Crippen LogP contribution >= 0.6 is 0 Å². The van der Waals surface area contributed by atoms with Gasteiger partial charge in [-0.2, -0.15) is 0 Å². The number of nitrogens with one attached hydrogen (secondary N) is 1. The summed E-state index contributed by atoms with van der Waals surface area (Å²) in [6.07, 6.45) is 3.23. The Hall–Kier alpha value is -1.32. The Morgan fingerprint density at radius 3 is 2.84 bits per heavy atom. The van der Waals surface area contributed by atoms with Gasteiger partial charge in [-0.3, -0.25) is 0 Å². The lowest BCUT2D eigenvalue weighted by Gasteiger charge is -2.12. The lowest BCUT2D eigenvalue weighted by molar-refractivity contribution is 0.190. The Balaban J connectivity index is 2.22. The van der Waals surface area contributed by atoms with Crippen molar-refractivity contribution < 1.29 is 4.74 Å². The quantitative estimate of drug-likeness (QED) is 0.774. The minimum absolute atomic E-state index is 0.507. The molecule has 0 atom stereocenters. The molecule has 0 fully saturated rings. The minimum atomic E-state index is 0.507. The van der Waals surface area contributed by atoms with Gasteiger partial charge in [-0.15, -0.1) is 0 Å². The zero-order valence-electron chi connectivity index (χ0n) is 12.1. The number of rotatable bonds is 7. The van der Waals surface area contributed by atoms with Crippen LogP contribution in [0.4, 0.5) is 0 Å². The highest BCUT2D eigenvalue weighted by molar-refractivity contribution is 5.83. The van der Waals surface area contributed by atoms with E-state index in [1.807, 2.05) is 0 Å². The van der Waals surface area contributed by atoms with Gasteiger partial charge in [0.25, 0.3) is 0 Å². The zero-order chi connectivity index (χ0) is 13.7. The van der Waals surface area contributed by atoms with Crippen molar-refractivity contribution in [1.82, 2.24) is 9.88 Å². The molecule has 0 unspecified atom stereocenters. The maximum Gasteiger partial charge on any atom is 0.0525 e. The van der Waals surface area contributed by atoms with Crippen LogP contribution in [0.1, 0.15) is 25.8 Å². The van der Waals surface area contributed by atoms with Gasteiger partial charge in [0.05, 0.1) is 5.52 Å². The van der Waals surface area contributed by atoms with Crippen LogP contribution in [-0.4, -0.2) is 24.3 Å². The molecular weight excluding hydrogens is 236 g/mol. The van der Waals surface area contributed by atoms with Gasteiger partial charge < -0.3 is 14.6 Å². The van der Waals surface area contributed by atoms with Crippen LogP contribution in [-0.2, 0) is 17.8 Å². The van der Waals surface area contributed by atoms with Gasteiger partial charge in [0.15, 0.2) is 0 Å². The van der Waals surface area contributed by atoms with Crippen LogP contribution in [0.15, 0.2) is 30.5 Å². The number of nitrogens with zero attached hydrogens (tertiary/aromatic N) is 1. The van der Waals surface area contributed by atoms with Crippen LogP contribution < -0.4 is 5.32 Å².